The zero-order valence-electron chi connectivity index (χ0n) is 16.2. The van der Waals surface area contributed by atoms with Crippen molar-refractivity contribution in [2.75, 3.05) is 7.11 Å². The van der Waals surface area contributed by atoms with Crippen LogP contribution in [0.4, 0.5) is 0 Å². The predicted molar refractivity (Wildman–Crippen MR) is 110 cm³/mol. The molecule has 0 N–H and O–H groups in total. The van der Waals surface area contributed by atoms with Crippen LogP contribution in [0.5, 0.6) is 0 Å². The lowest BCUT2D eigenvalue weighted by atomic mass is 10.0. The van der Waals surface area contributed by atoms with E-state index in [1.807, 2.05) is 6.92 Å². The molecule has 0 aliphatic carbocycles. The number of carbonyl (C=O) groups excluding carboxylic acids is 1. The highest BCUT2D eigenvalue weighted by Crippen LogP contribution is 2.24. The Bertz CT molecular complexity index is 1210. The van der Waals surface area contributed by atoms with Gasteiger partial charge < -0.3 is 4.74 Å². The van der Waals surface area contributed by atoms with Crippen LogP contribution in [0.15, 0.2) is 36.9 Å². The average molecular weight is 446 g/mol. The minimum absolute atomic E-state index is 0.0261. The van der Waals surface area contributed by atoms with E-state index in [1.165, 1.54) is 17.2 Å². The lowest BCUT2D eigenvalue weighted by Crippen LogP contribution is -2.15. The van der Waals surface area contributed by atoms with Gasteiger partial charge in [0.2, 0.25) is 0 Å². The minimum atomic E-state index is -0.300. The van der Waals surface area contributed by atoms with E-state index < -0.39 is 0 Å². The van der Waals surface area contributed by atoms with Gasteiger partial charge in [-0.3, -0.25) is 4.79 Å². The van der Waals surface area contributed by atoms with E-state index in [1.54, 1.807) is 36.2 Å². The number of carbonyl (C=O) groups is 1. The van der Waals surface area contributed by atoms with E-state index in [4.69, 9.17) is 27.9 Å². The van der Waals surface area contributed by atoms with Gasteiger partial charge in [0, 0.05) is 44.0 Å². The molecule has 0 aliphatic rings. The average Bonchev–Trinajstić information content (AvgIpc) is 3.36. The van der Waals surface area contributed by atoms with Crippen molar-refractivity contribution in [1.82, 2.24) is 34.6 Å². The summed E-state index contributed by atoms with van der Waals surface area (Å²) in [5.41, 5.74) is 2.74. The number of halogens is 2. The van der Waals surface area contributed by atoms with Crippen molar-refractivity contribution in [2.45, 2.75) is 25.9 Å². The molecule has 0 spiro atoms. The fourth-order valence-corrected chi connectivity index (χ4v) is 3.62. The molecule has 4 aromatic rings. The summed E-state index contributed by atoms with van der Waals surface area (Å²) in [5.74, 6) is 0.376. The lowest BCUT2D eigenvalue weighted by molar-refractivity contribution is -0.117. The Morgan fingerprint density at radius 3 is 2.60 bits per heavy atom. The third kappa shape index (κ3) is 4.04. The highest BCUT2D eigenvalue weighted by molar-refractivity contribution is 6.32. The van der Waals surface area contributed by atoms with Crippen molar-refractivity contribution in [1.29, 1.82) is 0 Å². The van der Waals surface area contributed by atoms with Crippen molar-refractivity contribution < 1.29 is 9.53 Å². The van der Waals surface area contributed by atoms with Gasteiger partial charge in [0.05, 0.1) is 29.2 Å². The quantitative estimate of drug-likeness (QED) is 0.430. The standard InChI is InChI=1S/C19H17Cl2N7O2/c1-11(30-2)18-13(10-22-17-8-16(21)26-27(17)18)7-14(29)5-12-6-15(20)19(23-9-12)28-24-3-4-25-28/h3-4,6,8-11H,5,7H2,1-2H3/t11-/m1/s1. The summed E-state index contributed by atoms with van der Waals surface area (Å²) < 4.78 is 7.09. The van der Waals surface area contributed by atoms with Crippen LogP contribution < -0.4 is 0 Å². The van der Waals surface area contributed by atoms with E-state index in [-0.39, 0.29) is 24.7 Å². The number of ketones is 1. The van der Waals surface area contributed by atoms with Gasteiger partial charge in [-0.15, -0.1) is 4.80 Å². The van der Waals surface area contributed by atoms with Crippen molar-refractivity contribution in [2.24, 2.45) is 0 Å². The van der Waals surface area contributed by atoms with Gasteiger partial charge in [-0.25, -0.2) is 14.5 Å². The number of Topliss-reactive ketones (excluding diaryl/α,β-unsaturated/α-hetero) is 1. The number of aromatic nitrogens is 7. The fourth-order valence-electron chi connectivity index (χ4n) is 3.18. The number of methoxy groups -OCH3 is 1. The van der Waals surface area contributed by atoms with Gasteiger partial charge in [-0.2, -0.15) is 15.3 Å². The smallest absolute Gasteiger partial charge is 0.193 e. The predicted octanol–water partition coefficient (Wildman–Crippen LogP) is 3.07. The van der Waals surface area contributed by atoms with E-state index in [0.29, 0.717) is 27.2 Å². The second kappa shape index (κ2) is 8.47. The first-order valence-electron chi connectivity index (χ1n) is 9.05. The first kappa shape index (κ1) is 20.4. The van der Waals surface area contributed by atoms with Gasteiger partial charge in [-0.1, -0.05) is 23.2 Å². The molecule has 0 radical (unpaired) electrons. The molecular weight excluding hydrogens is 429 g/mol. The fraction of sp³-hybridized carbons (Fsp3) is 0.263. The minimum Gasteiger partial charge on any atom is -0.375 e. The highest BCUT2D eigenvalue weighted by Gasteiger charge is 2.20. The molecule has 1 atom stereocenters. The number of hydrogen-bond donors (Lipinski definition) is 0. The first-order valence-corrected chi connectivity index (χ1v) is 9.80. The van der Waals surface area contributed by atoms with Crippen LogP contribution in [0.1, 0.15) is 29.8 Å². The van der Waals surface area contributed by atoms with E-state index >= 15 is 0 Å². The number of hydrogen-bond acceptors (Lipinski definition) is 7. The Morgan fingerprint density at radius 2 is 1.90 bits per heavy atom. The SMILES string of the molecule is CO[C@H](C)c1c(CC(=O)Cc2cnc(-n3nccn3)c(Cl)c2)cnc2cc(Cl)nn12. The monoisotopic (exact) mass is 445 g/mol. The van der Waals surface area contributed by atoms with Gasteiger partial charge >= 0.3 is 0 Å². The Morgan fingerprint density at radius 1 is 1.13 bits per heavy atom. The van der Waals surface area contributed by atoms with Crippen LogP contribution in [0.3, 0.4) is 0 Å². The zero-order chi connectivity index (χ0) is 21.3. The second-order valence-electron chi connectivity index (χ2n) is 6.64. The zero-order valence-corrected chi connectivity index (χ0v) is 17.7. The summed E-state index contributed by atoms with van der Waals surface area (Å²) in [6, 6.07) is 3.35. The Hall–Kier alpha value is -2.88. The Balaban J connectivity index is 1.57. The molecule has 4 rings (SSSR count). The molecule has 0 bridgehead atoms. The molecule has 154 valence electrons. The molecule has 30 heavy (non-hydrogen) atoms. The summed E-state index contributed by atoms with van der Waals surface area (Å²) >= 11 is 12.3. The summed E-state index contributed by atoms with van der Waals surface area (Å²) in [7, 11) is 1.59. The third-order valence-corrected chi connectivity index (χ3v) is 5.05. The second-order valence-corrected chi connectivity index (χ2v) is 7.44. The molecule has 11 heteroatoms. The summed E-state index contributed by atoms with van der Waals surface area (Å²) in [6.45, 7) is 1.88. The van der Waals surface area contributed by atoms with Gasteiger partial charge in [-0.05, 0) is 18.6 Å². The van der Waals surface area contributed by atoms with E-state index in [0.717, 1.165) is 11.3 Å². The van der Waals surface area contributed by atoms with Crippen LogP contribution in [0, 0.1) is 0 Å². The summed E-state index contributed by atoms with van der Waals surface area (Å²) in [5, 5.41) is 13.0. The lowest BCUT2D eigenvalue weighted by Gasteiger charge is -2.16. The molecule has 0 fully saturated rings. The molecule has 9 nitrogen and oxygen atoms in total. The maximum atomic E-state index is 12.8. The summed E-state index contributed by atoms with van der Waals surface area (Å²) in [4.78, 5) is 22.7. The topological polar surface area (TPSA) is 100 Å². The molecule has 0 saturated carbocycles. The van der Waals surface area contributed by atoms with Crippen LogP contribution >= 0.6 is 23.2 Å². The number of rotatable bonds is 7. The molecule has 0 saturated heterocycles. The van der Waals surface area contributed by atoms with Crippen LogP contribution in [0.2, 0.25) is 10.2 Å². The Labute approximate surface area is 181 Å². The molecule has 0 unspecified atom stereocenters. The molecule has 4 aromatic heterocycles. The molecular formula is C19H17Cl2N7O2. The van der Waals surface area contributed by atoms with Crippen molar-refractivity contribution in [3.05, 3.63) is 63.9 Å². The van der Waals surface area contributed by atoms with E-state index in [2.05, 4.69) is 25.3 Å². The molecule has 0 aromatic carbocycles. The normalized spacial score (nSPS) is 12.4. The summed E-state index contributed by atoms with van der Waals surface area (Å²) in [6.07, 6.45) is 6.34. The largest absolute Gasteiger partial charge is 0.375 e. The molecule has 0 amide bonds. The number of ether oxygens (including phenoxy) is 1. The number of nitrogens with zero attached hydrogens (tertiary/aromatic N) is 7. The third-order valence-electron chi connectivity index (χ3n) is 4.58. The molecule has 0 aliphatic heterocycles. The van der Waals surface area contributed by atoms with E-state index in [9.17, 15) is 4.79 Å². The van der Waals surface area contributed by atoms with Crippen LogP contribution in [0.25, 0.3) is 11.5 Å². The van der Waals surface area contributed by atoms with Crippen molar-refractivity contribution >= 4 is 34.6 Å². The maximum absolute atomic E-state index is 12.8. The molecule has 4 heterocycles. The number of fused-ring (bicyclic) bond motifs is 1. The maximum Gasteiger partial charge on any atom is 0.193 e. The first-order chi connectivity index (χ1) is 14.5. The highest BCUT2D eigenvalue weighted by atomic mass is 35.5. The van der Waals surface area contributed by atoms with Crippen LogP contribution in [-0.4, -0.2) is 47.5 Å². The van der Waals surface area contributed by atoms with Gasteiger partial charge in [0.15, 0.2) is 16.6 Å². The Kier molecular flexibility index (Phi) is 5.76. The van der Waals surface area contributed by atoms with Gasteiger partial charge in [0.1, 0.15) is 5.78 Å². The number of pyridine rings is 1. The van der Waals surface area contributed by atoms with Gasteiger partial charge in [0.25, 0.3) is 0 Å². The van der Waals surface area contributed by atoms with Crippen LogP contribution in [-0.2, 0) is 22.4 Å². The van der Waals surface area contributed by atoms with Crippen molar-refractivity contribution in [3.8, 4) is 5.82 Å². The van der Waals surface area contributed by atoms with Crippen molar-refractivity contribution in [3.63, 3.8) is 0 Å².